The Morgan fingerprint density at radius 3 is 2.92 bits per heavy atom. The molecule has 0 unspecified atom stereocenters. The zero-order valence-electron chi connectivity index (χ0n) is 7.81. The number of ether oxygens (including phenoxy) is 1. The Kier molecular flexibility index (Phi) is 4.08. The van der Waals surface area contributed by atoms with Gasteiger partial charge >= 0.3 is 0 Å². The summed E-state index contributed by atoms with van der Waals surface area (Å²) < 4.78 is 4.96. The second-order valence-electron chi connectivity index (χ2n) is 3.24. The number of hydrogen-bond acceptors (Lipinski definition) is 2. The van der Waals surface area contributed by atoms with E-state index in [0.29, 0.717) is 0 Å². The van der Waals surface area contributed by atoms with Gasteiger partial charge in [0.2, 0.25) is 0 Å². The van der Waals surface area contributed by atoms with Crippen molar-refractivity contribution >= 4 is 5.84 Å². The summed E-state index contributed by atoms with van der Waals surface area (Å²) in [4.78, 5) is 2.18. The van der Waals surface area contributed by atoms with Gasteiger partial charge in [0.1, 0.15) is 0 Å². The summed E-state index contributed by atoms with van der Waals surface area (Å²) in [5.74, 6) is 0.826. The Morgan fingerprint density at radius 2 is 2.33 bits per heavy atom. The molecular weight excluding hydrogens is 152 g/mol. The van der Waals surface area contributed by atoms with Crippen LogP contribution in [0.25, 0.3) is 0 Å². The van der Waals surface area contributed by atoms with Crippen LogP contribution in [0.1, 0.15) is 25.7 Å². The lowest BCUT2D eigenvalue weighted by Gasteiger charge is -2.16. The molecule has 0 aromatic carbocycles. The van der Waals surface area contributed by atoms with Gasteiger partial charge < -0.3 is 9.64 Å². The van der Waals surface area contributed by atoms with Crippen molar-refractivity contribution in [3.63, 3.8) is 0 Å². The van der Waals surface area contributed by atoms with Crippen molar-refractivity contribution in [2.24, 2.45) is 0 Å². The van der Waals surface area contributed by atoms with Crippen LogP contribution in [0.15, 0.2) is 0 Å². The molecule has 1 heterocycles. The van der Waals surface area contributed by atoms with E-state index in [1.54, 1.807) is 7.11 Å². The van der Waals surface area contributed by atoms with Crippen LogP contribution in [0.2, 0.25) is 0 Å². The molecule has 0 amide bonds. The van der Waals surface area contributed by atoms with E-state index in [2.05, 4.69) is 4.90 Å². The molecule has 0 aromatic rings. The molecule has 70 valence electrons. The highest BCUT2D eigenvalue weighted by molar-refractivity contribution is 5.80. The van der Waals surface area contributed by atoms with Crippen molar-refractivity contribution < 1.29 is 4.74 Å². The summed E-state index contributed by atoms with van der Waals surface area (Å²) in [5.41, 5.74) is 0. The van der Waals surface area contributed by atoms with Crippen molar-refractivity contribution in [1.29, 1.82) is 5.41 Å². The molecule has 12 heavy (non-hydrogen) atoms. The molecule has 1 fully saturated rings. The number of likely N-dealkylation sites (tertiary alicyclic amines) is 1. The molecule has 3 nitrogen and oxygen atoms in total. The molecule has 0 spiro atoms. The van der Waals surface area contributed by atoms with Crippen LogP contribution < -0.4 is 0 Å². The van der Waals surface area contributed by atoms with Gasteiger partial charge in [0.05, 0.1) is 5.84 Å². The summed E-state index contributed by atoms with van der Waals surface area (Å²) in [5, 5.41) is 7.58. The zero-order valence-corrected chi connectivity index (χ0v) is 7.81. The van der Waals surface area contributed by atoms with Crippen LogP contribution in [0, 0.1) is 5.41 Å². The summed E-state index contributed by atoms with van der Waals surface area (Å²) in [6.45, 7) is 2.98. The molecule has 1 saturated heterocycles. The summed E-state index contributed by atoms with van der Waals surface area (Å²) >= 11 is 0. The first-order valence-electron chi connectivity index (χ1n) is 4.66. The van der Waals surface area contributed by atoms with E-state index in [-0.39, 0.29) is 0 Å². The average molecular weight is 170 g/mol. The summed E-state index contributed by atoms with van der Waals surface area (Å²) in [6.07, 6.45) is 4.41. The van der Waals surface area contributed by atoms with Gasteiger partial charge in [-0.15, -0.1) is 0 Å². The molecule has 1 aliphatic heterocycles. The van der Waals surface area contributed by atoms with E-state index >= 15 is 0 Å². The highest BCUT2D eigenvalue weighted by atomic mass is 16.5. The average Bonchev–Trinajstić information content (AvgIpc) is 2.46. The molecule has 1 N–H and O–H groups in total. The van der Waals surface area contributed by atoms with Crippen LogP contribution in [0.3, 0.4) is 0 Å². The van der Waals surface area contributed by atoms with E-state index in [4.69, 9.17) is 10.1 Å². The lowest BCUT2D eigenvalue weighted by atomic mass is 10.3. The lowest BCUT2D eigenvalue weighted by Crippen LogP contribution is -2.25. The summed E-state index contributed by atoms with van der Waals surface area (Å²) in [7, 11) is 1.73. The second-order valence-corrected chi connectivity index (χ2v) is 3.24. The first-order valence-corrected chi connectivity index (χ1v) is 4.66. The van der Waals surface area contributed by atoms with Crippen molar-refractivity contribution in [1.82, 2.24) is 4.90 Å². The monoisotopic (exact) mass is 170 g/mol. The number of nitrogens with one attached hydrogen (secondary N) is 1. The smallest absolute Gasteiger partial charge is 0.0958 e. The fourth-order valence-corrected chi connectivity index (χ4v) is 1.53. The quantitative estimate of drug-likeness (QED) is 0.634. The van der Waals surface area contributed by atoms with E-state index < -0.39 is 0 Å². The predicted octanol–water partition coefficient (Wildman–Crippen LogP) is 1.49. The van der Waals surface area contributed by atoms with E-state index in [1.165, 1.54) is 6.42 Å². The third-order valence-electron chi connectivity index (χ3n) is 2.25. The minimum absolute atomic E-state index is 0.826. The number of amidine groups is 1. The molecule has 0 radical (unpaired) electrons. The van der Waals surface area contributed by atoms with Crippen molar-refractivity contribution in [3.05, 3.63) is 0 Å². The molecule has 3 heteroatoms. The minimum Gasteiger partial charge on any atom is -0.385 e. The van der Waals surface area contributed by atoms with E-state index in [9.17, 15) is 0 Å². The number of hydrogen-bond donors (Lipinski definition) is 1. The van der Waals surface area contributed by atoms with Gasteiger partial charge in [0, 0.05) is 33.2 Å². The van der Waals surface area contributed by atoms with E-state index in [1.807, 2.05) is 0 Å². The Labute approximate surface area is 74.2 Å². The first kappa shape index (κ1) is 9.52. The predicted molar refractivity (Wildman–Crippen MR) is 49.6 cm³/mol. The van der Waals surface area contributed by atoms with Gasteiger partial charge in [-0.2, -0.15) is 0 Å². The maximum Gasteiger partial charge on any atom is 0.0958 e. The summed E-state index contributed by atoms with van der Waals surface area (Å²) in [6, 6.07) is 0. The highest BCUT2D eigenvalue weighted by Crippen LogP contribution is 2.10. The highest BCUT2D eigenvalue weighted by Gasteiger charge is 2.15. The Balaban J connectivity index is 2.02. The standard InChI is InChI=1S/C9H18N2O/c1-12-8-3-2-6-11-7-4-5-9(11)10/h10H,2-8H2,1H3. The molecule has 1 rings (SSSR count). The molecule has 0 aliphatic carbocycles. The molecule has 0 saturated carbocycles. The second kappa shape index (κ2) is 5.14. The number of methoxy groups -OCH3 is 1. The fraction of sp³-hybridized carbons (Fsp3) is 0.889. The van der Waals surface area contributed by atoms with Gasteiger partial charge in [0.15, 0.2) is 0 Å². The topological polar surface area (TPSA) is 36.3 Å². The molecule has 0 atom stereocenters. The third-order valence-corrected chi connectivity index (χ3v) is 2.25. The van der Waals surface area contributed by atoms with Crippen molar-refractivity contribution in [2.75, 3.05) is 26.8 Å². The minimum atomic E-state index is 0.826. The number of rotatable bonds is 5. The van der Waals surface area contributed by atoms with Crippen molar-refractivity contribution in [2.45, 2.75) is 25.7 Å². The van der Waals surface area contributed by atoms with Crippen molar-refractivity contribution in [3.8, 4) is 0 Å². The maximum atomic E-state index is 7.58. The van der Waals surface area contributed by atoms with Crippen LogP contribution in [-0.4, -0.2) is 37.5 Å². The Hall–Kier alpha value is -0.570. The van der Waals surface area contributed by atoms with E-state index in [0.717, 1.165) is 44.8 Å². The third kappa shape index (κ3) is 2.81. The van der Waals surface area contributed by atoms with Crippen LogP contribution in [0.5, 0.6) is 0 Å². The number of nitrogens with zero attached hydrogens (tertiary/aromatic N) is 1. The Morgan fingerprint density at radius 1 is 1.50 bits per heavy atom. The van der Waals surface area contributed by atoms with Crippen LogP contribution in [0.4, 0.5) is 0 Å². The van der Waals surface area contributed by atoms with Crippen LogP contribution in [-0.2, 0) is 4.74 Å². The largest absolute Gasteiger partial charge is 0.385 e. The van der Waals surface area contributed by atoms with Gasteiger partial charge in [0.25, 0.3) is 0 Å². The fourth-order valence-electron chi connectivity index (χ4n) is 1.53. The molecule has 0 aromatic heterocycles. The van der Waals surface area contributed by atoms with Gasteiger partial charge in [-0.05, 0) is 19.3 Å². The zero-order chi connectivity index (χ0) is 8.81. The molecular formula is C9H18N2O. The SMILES string of the molecule is COCCCCN1CCCC1=N. The lowest BCUT2D eigenvalue weighted by molar-refractivity contribution is 0.190. The van der Waals surface area contributed by atoms with Gasteiger partial charge in [-0.1, -0.05) is 0 Å². The van der Waals surface area contributed by atoms with Crippen LogP contribution >= 0.6 is 0 Å². The Bertz CT molecular complexity index is 147. The molecule has 1 aliphatic rings. The normalized spacial score (nSPS) is 17.4. The number of unbranched alkanes of at least 4 members (excludes halogenated alkanes) is 1. The maximum absolute atomic E-state index is 7.58. The molecule has 0 bridgehead atoms. The van der Waals surface area contributed by atoms with Gasteiger partial charge in [-0.3, -0.25) is 5.41 Å². The van der Waals surface area contributed by atoms with Gasteiger partial charge in [-0.25, -0.2) is 0 Å². The first-order chi connectivity index (χ1) is 5.84.